The van der Waals surface area contributed by atoms with Gasteiger partial charge in [-0.3, -0.25) is 0 Å². The Labute approximate surface area is 144 Å². The fourth-order valence-corrected chi connectivity index (χ4v) is 2.57. The smallest absolute Gasteiger partial charge is 0.295 e. The van der Waals surface area contributed by atoms with Crippen LogP contribution in [0.5, 0.6) is 10.4 Å². The van der Waals surface area contributed by atoms with Gasteiger partial charge in [0, 0.05) is 0 Å². The fourth-order valence-electron chi connectivity index (χ4n) is 1.20. The molecule has 0 aliphatic heterocycles. The molecule has 122 valence electrons. The summed E-state index contributed by atoms with van der Waals surface area (Å²) in [6.07, 6.45) is 0. The average Bonchev–Trinajstić information content (AvgIpc) is 3.09. The highest BCUT2D eigenvalue weighted by Crippen LogP contribution is 2.22. The summed E-state index contributed by atoms with van der Waals surface area (Å²) in [6, 6.07) is 0. The predicted molar refractivity (Wildman–Crippen MR) is 82.5 cm³/mol. The molecule has 0 N–H and O–H groups in total. The highest BCUT2D eigenvalue weighted by atomic mass is 35.5. The highest BCUT2D eigenvalue weighted by Gasteiger charge is 2.02. The lowest BCUT2D eigenvalue weighted by Gasteiger charge is -2.06. The summed E-state index contributed by atoms with van der Waals surface area (Å²) in [7, 11) is 0. The van der Waals surface area contributed by atoms with Gasteiger partial charge < -0.3 is 18.9 Å². The minimum absolute atomic E-state index is 0.349. The normalized spacial score (nSPS) is 10.8. The first-order valence-electron chi connectivity index (χ1n) is 6.13. The van der Waals surface area contributed by atoms with Crippen molar-refractivity contribution < 1.29 is 18.9 Å². The van der Waals surface area contributed by atoms with Crippen molar-refractivity contribution in [3.05, 3.63) is 8.93 Å². The molecular weight excluding hydrogens is 375 g/mol. The molecule has 2 aromatic rings. The van der Waals surface area contributed by atoms with Gasteiger partial charge in [0.05, 0.1) is 26.4 Å². The number of halogens is 2. The van der Waals surface area contributed by atoms with Gasteiger partial charge in [-0.2, -0.15) is 0 Å². The first-order chi connectivity index (χ1) is 10.7. The number of hydrogen-bond acceptors (Lipinski definition) is 10. The summed E-state index contributed by atoms with van der Waals surface area (Å²) in [4.78, 5) is 0. The number of rotatable bonds is 11. The predicted octanol–water partition coefficient (Wildman–Crippen LogP) is 2.19. The van der Waals surface area contributed by atoms with Crippen molar-refractivity contribution in [1.82, 2.24) is 20.4 Å². The number of aromatic nitrogens is 4. The van der Waals surface area contributed by atoms with Gasteiger partial charge in [-0.05, 0) is 45.9 Å². The molecular formula is C10H12Cl2N4O4S2. The third-order valence-electron chi connectivity index (χ3n) is 2.04. The molecule has 2 rings (SSSR count). The molecule has 2 heterocycles. The molecule has 0 aromatic carbocycles. The standard InChI is InChI=1S/C10H12Cl2N4O4S2/c11-7-13-15-9(21-7)19-5-3-17-1-2-18-4-6-20-10-16-14-8(12)22-10/h1-6H2. The topological polar surface area (TPSA) is 88.5 Å². The first-order valence-corrected chi connectivity index (χ1v) is 8.52. The number of hydrogen-bond donors (Lipinski definition) is 0. The number of ether oxygens (including phenoxy) is 4. The lowest BCUT2D eigenvalue weighted by atomic mass is 10.7. The van der Waals surface area contributed by atoms with E-state index >= 15 is 0 Å². The van der Waals surface area contributed by atoms with Gasteiger partial charge in [0.1, 0.15) is 13.2 Å². The van der Waals surface area contributed by atoms with E-state index in [1.54, 1.807) is 0 Å². The maximum Gasteiger partial charge on any atom is 0.295 e. The van der Waals surface area contributed by atoms with Crippen LogP contribution in [0.25, 0.3) is 0 Å². The van der Waals surface area contributed by atoms with Crippen LogP contribution in [0.1, 0.15) is 0 Å². The molecule has 12 heteroatoms. The molecule has 0 radical (unpaired) electrons. The third kappa shape index (κ3) is 6.99. The fraction of sp³-hybridized carbons (Fsp3) is 0.600. The van der Waals surface area contributed by atoms with Crippen LogP contribution in [0.4, 0.5) is 0 Å². The van der Waals surface area contributed by atoms with Crippen molar-refractivity contribution >= 4 is 45.9 Å². The SMILES string of the molecule is Clc1nnc(OCCOCCOCCOc2nnc(Cl)s2)s1. The van der Waals surface area contributed by atoms with Gasteiger partial charge in [-0.15, -0.1) is 10.2 Å². The Morgan fingerprint density at radius 2 is 1.05 bits per heavy atom. The average molecular weight is 387 g/mol. The Balaban J connectivity index is 1.37. The third-order valence-corrected chi connectivity index (χ3v) is 3.90. The maximum atomic E-state index is 5.62. The van der Waals surface area contributed by atoms with Crippen molar-refractivity contribution in [3.63, 3.8) is 0 Å². The Morgan fingerprint density at radius 1 is 0.636 bits per heavy atom. The van der Waals surface area contributed by atoms with Crippen LogP contribution in [0.2, 0.25) is 8.93 Å². The summed E-state index contributed by atoms with van der Waals surface area (Å²) in [5, 5.41) is 15.5. The monoisotopic (exact) mass is 386 g/mol. The molecule has 0 spiro atoms. The molecule has 2 aromatic heterocycles. The Bertz CT molecular complexity index is 508. The van der Waals surface area contributed by atoms with Crippen molar-refractivity contribution in [2.45, 2.75) is 0 Å². The summed E-state index contributed by atoms with van der Waals surface area (Å²) in [5.74, 6) is 0. The van der Waals surface area contributed by atoms with E-state index in [2.05, 4.69) is 20.4 Å². The number of nitrogens with zero attached hydrogens (tertiary/aromatic N) is 4. The van der Waals surface area contributed by atoms with E-state index in [-0.39, 0.29) is 0 Å². The zero-order valence-electron chi connectivity index (χ0n) is 11.2. The van der Waals surface area contributed by atoms with Gasteiger partial charge in [0.15, 0.2) is 0 Å². The van der Waals surface area contributed by atoms with Crippen molar-refractivity contribution in [1.29, 1.82) is 0 Å². The molecule has 0 atom stereocenters. The van der Waals surface area contributed by atoms with Crippen LogP contribution in [0.3, 0.4) is 0 Å². The van der Waals surface area contributed by atoms with Crippen LogP contribution in [0, 0.1) is 0 Å². The van der Waals surface area contributed by atoms with Crippen molar-refractivity contribution in [2.75, 3.05) is 39.6 Å². The van der Waals surface area contributed by atoms with Crippen LogP contribution >= 0.6 is 45.9 Å². The lowest BCUT2D eigenvalue weighted by molar-refractivity contribution is 0.0272. The van der Waals surface area contributed by atoms with E-state index in [1.165, 1.54) is 22.7 Å². The largest absolute Gasteiger partial charge is 0.466 e. The Morgan fingerprint density at radius 3 is 1.41 bits per heavy atom. The molecule has 8 nitrogen and oxygen atoms in total. The van der Waals surface area contributed by atoms with E-state index in [0.717, 1.165) is 0 Å². The minimum atomic E-state index is 0.349. The van der Waals surface area contributed by atoms with E-state index in [4.69, 9.17) is 42.1 Å². The van der Waals surface area contributed by atoms with Gasteiger partial charge in [-0.1, -0.05) is 10.2 Å². The van der Waals surface area contributed by atoms with E-state index in [0.29, 0.717) is 59.0 Å². The molecule has 0 saturated heterocycles. The quantitative estimate of drug-likeness (QED) is 0.542. The summed E-state index contributed by atoms with van der Waals surface area (Å²) < 4.78 is 21.9. The van der Waals surface area contributed by atoms with Crippen LogP contribution < -0.4 is 9.47 Å². The van der Waals surface area contributed by atoms with Gasteiger partial charge >= 0.3 is 0 Å². The summed E-state index contributed by atoms with van der Waals surface area (Å²) >= 11 is 13.6. The molecule has 0 saturated carbocycles. The molecule has 0 amide bonds. The minimum Gasteiger partial charge on any atom is -0.466 e. The van der Waals surface area contributed by atoms with E-state index in [9.17, 15) is 0 Å². The van der Waals surface area contributed by atoms with Crippen LogP contribution in [-0.4, -0.2) is 60.0 Å². The Kier molecular flexibility index (Phi) is 8.05. The van der Waals surface area contributed by atoms with Gasteiger partial charge in [-0.25, -0.2) is 0 Å². The molecule has 0 unspecified atom stereocenters. The maximum absolute atomic E-state index is 5.62. The van der Waals surface area contributed by atoms with E-state index in [1.807, 2.05) is 0 Å². The molecule has 0 aliphatic carbocycles. The second kappa shape index (κ2) is 10.1. The van der Waals surface area contributed by atoms with Gasteiger partial charge in [0.25, 0.3) is 10.4 Å². The second-order valence-electron chi connectivity index (χ2n) is 3.56. The summed E-state index contributed by atoms with van der Waals surface area (Å²) in [6.45, 7) is 2.55. The van der Waals surface area contributed by atoms with Crippen LogP contribution in [-0.2, 0) is 9.47 Å². The van der Waals surface area contributed by atoms with Crippen molar-refractivity contribution in [3.8, 4) is 10.4 Å². The molecule has 0 bridgehead atoms. The van der Waals surface area contributed by atoms with Crippen molar-refractivity contribution in [2.24, 2.45) is 0 Å². The Hall–Kier alpha value is -0.780. The second-order valence-corrected chi connectivity index (χ2v) is 6.61. The van der Waals surface area contributed by atoms with E-state index < -0.39 is 0 Å². The molecule has 0 fully saturated rings. The molecule has 22 heavy (non-hydrogen) atoms. The van der Waals surface area contributed by atoms with Crippen LogP contribution in [0.15, 0.2) is 0 Å². The highest BCUT2D eigenvalue weighted by molar-refractivity contribution is 7.17. The zero-order valence-corrected chi connectivity index (χ0v) is 14.4. The first kappa shape index (κ1) is 17.6. The summed E-state index contributed by atoms with van der Waals surface area (Å²) in [5.41, 5.74) is 0. The van der Waals surface area contributed by atoms with Gasteiger partial charge in [0.2, 0.25) is 8.93 Å². The lowest BCUT2D eigenvalue weighted by Crippen LogP contribution is -2.13. The molecule has 0 aliphatic rings. The zero-order chi connectivity index (χ0) is 15.6.